The van der Waals surface area contributed by atoms with E-state index in [4.69, 9.17) is 4.74 Å². The van der Waals surface area contributed by atoms with Gasteiger partial charge in [0.2, 0.25) is 10.0 Å². The SMILES string of the molecule is Cc1cccc(COC(=O)c2cc(S(=O)(=O)N(C)C)ccc2Br)c1. The smallest absolute Gasteiger partial charge is 0.339 e. The third-order valence-electron chi connectivity index (χ3n) is 3.39. The highest BCUT2D eigenvalue weighted by Gasteiger charge is 2.21. The lowest BCUT2D eigenvalue weighted by atomic mass is 10.1. The first kappa shape index (κ1) is 18.6. The number of benzene rings is 2. The van der Waals surface area contributed by atoms with Crippen LogP contribution in [0.15, 0.2) is 51.8 Å². The van der Waals surface area contributed by atoms with E-state index < -0.39 is 16.0 Å². The Morgan fingerprint density at radius 3 is 2.50 bits per heavy atom. The molecule has 5 nitrogen and oxygen atoms in total. The van der Waals surface area contributed by atoms with Crippen molar-refractivity contribution in [2.45, 2.75) is 18.4 Å². The number of ether oxygens (including phenoxy) is 1. The summed E-state index contributed by atoms with van der Waals surface area (Å²) in [5.74, 6) is -0.584. The number of hydrogen-bond acceptors (Lipinski definition) is 4. The van der Waals surface area contributed by atoms with Crippen molar-refractivity contribution in [2.24, 2.45) is 0 Å². The van der Waals surface area contributed by atoms with E-state index in [0.29, 0.717) is 4.47 Å². The Kier molecular flexibility index (Phi) is 5.79. The first-order valence-electron chi connectivity index (χ1n) is 7.16. The highest BCUT2D eigenvalue weighted by molar-refractivity contribution is 9.10. The summed E-state index contributed by atoms with van der Waals surface area (Å²) >= 11 is 3.26. The van der Waals surface area contributed by atoms with Gasteiger partial charge in [0.25, 0.3) is 0 Å². The first-order valence-corrected chi connectivity index (χ1v) is 9.40. The quantitative estimate of drug-likeness (QED) is 0.707. The average molecular weight is 412 g/mol. The van der Waals surface area contributed by atoms with E-state index in [9.17, 15) is 13.2 Å². The van der Waals surface area contributed by atoms with Crippen LogP contribution >= 0.6 is 15.9 Å². The van der Waals surface area contributed by atoms with E-state index in [2.05, 4.69) is 15.9 Å². The van der Waals surface area contributed by atoms with Crippen LogP contribution in [0.3, 0.4) is 0 Å². The number of esters is 1. The van der Waals surface area contributed by atoms with Crippen LogP contribution in [0.4, 0.5) is 0 Å². The lowest BCUT2D eigenvalue weighted by molar-refractivity contribution is 0.0471. The molecule has 0 N–H and O–H groups in total. The van der Waals surface area contributed by atoms with E-state index in [0.717, 1.165) is 15.4 Å². The van der Waals surface area contributed by atoms with Gasteiger partial charge >= 0.3 is 5.97 Å². The number of aryl methyl sites for hydroxylation is 1. The van der Waals surface area contributed by atoms with Crippen LogP contribution in [-0.4, -0.2) is 32.8 Å². The van der Waals surface area contributed by atoms with Crippen LogP contribution in [0.1, 0.15) is 21.5 Å². The van der Waals surface area contributed by atoms with E-state index >= 15 is 0 Å². The van der Waals surface area contributed by atoms with Crippen molar-refractivity contribution in [3.05, 3.63) is 63.6 Å². The Morgan fingerprint density at radius 1 is 1.17 bits per heavy atom. The summed E-state index contributed by atoms with van der Waals surface area (Å²) in [7, 11) is -0.742. The third kappa shape index (κ3) is 4.23. The molecule has 2 aromatic carbocycles. The summed E-state index contributed by atoms with van der Waals surface area (Å²) in [5.41, 5.74) is 2.12. The van der Waals surface area contributed by atoms with E-state index in [1.807, 2.05) is 31.2 Å². The Hall–Kier alpha value is -1.70. The maximum absolute atomic E-state index is 12.3. The minimum absolute atomic E-state index is 0.0400. The second-order valence-electron chi connectivity index (χ2n) is 5.49. The van der Waals surface area contributed by atoms with Gasteiger partial charge in [0.15, 0.2) is 0 Å². The highest BCUT2D eigenvalue weighted by atomic mass is 79.9. The van der Waals surface area contributed by atoms with Gasteiger partial charge in [0, 0.05) is 18.6 Å². The van der Waals surface area contributed by atoms with E-state index in [1.54, 1.807) is 0 Å². The zero-order valence-electron chi connectivity index (χ0n) is 13.6. The number of carbonyl (C=O) groups is 1. The highest BCUT2D eigenvalue weighted by Crippen LogP contribution is 2.23. The lowest BCUT2D eigenvalue weighted by Gasteiger charge is -2.13. The fourth-order valence-corrected chi connectivity index (χ4v) is 3.40. The van der Waals surface area contributed by atoms with Gasteiger partial charge in [0.05, 0.1) is 10.5 Å². The summed E-state index contributed by atoms with van der Waals surface area (Å²) in [4.78, 5) is 12.4. The summed E-state index contributed by atoms with van der Waals surface area (Å²) < 4.78 is 31.3. The topological polar surface area (TPSA) is 63.7 Å². The minimum atomic E-state index is -3.62. The molecule has 0 bridgehead atoms. The van der Waals surface area contributed by atoms with Crippen molar-refractivity contribution in [2.75, 3.05) is 14.1 Å². The standard InChI is InChI=1S/C17H18BrNO4S/c1-12-5-4-6-13(9-12)11-23-17(20)15-10-14(7-8-16(15)18)24(21,22)19(2)3/h4-10H,11H2,1-3H3. The van der Waals surface area contributed by atoms with Gasteiger partial charge in [-0.3, -0.25) is 0 Å². The number of nitrogens with zero attached hydrogens (tertiary/aromatic N) is 1. The molecule has 2 aromatic rings. The van der Waals surface area contributed by atoms with Gasteiger partial charge in [-0.15, -0.1) is 0 Å². The number of rotatable bonds is 5. The Morgan fingerprint density at radius 2 is 1.88 bits per heavy atom. The van der Waals surface area contributed by atoms with Crippen LogP contribution in [0.2, 0.25) is 0 Å². The maximum Gasteiger partial charge on any atom is 0.339 e. The van der Waals surface area contributed by atoms with Gasteiger partial charge in [-0.2, -0.15) is 0 Å². The molecule has 0 unspecified atom stereocenters. The van der Waals surface area contributed by atoms with Crippen LogP contribution in [0.5, 0.6) is 0 Å². The molecule has 0 radical (unpaired) electrons. The number of carbonyl (C=O) groups excluding carboxylic acids is 1. The molecule has 0 heterocycles. The van der Waals surface area contributed by atoms with Gasteiger partial charge in [-0.25, -0.2) is 17.5 Å². The Bertz CT molecular complexity index is 863. The van der Waals surface area contributed by atoms with Crippen molar-refractivity contribution < 1.29 is 17.9 Å². The van der Waals surface area contributed by atoms with Crippen LogP contribution in [0.25, 0.3) is 0 Å². The van der Waals surface area contributed by atoms with Gasteiger partial charge in [-0.1, -0.05) is 29.8 Å². The van der Waals surface area contributed by atoms with Crippen molar-refractivity contribution in [1.82, 2.24) is 4.31 Å². The predicted octanol–water partition coefficient (Wildman–Crippen LogP) is 3.36. The Balaban J connectivity index is 2.23. The molecule has 0 aliphatic rings. The maximum atomic E-state index is 12.3. The fourth-order valence-electron chi connectivity index (χ4n) is 2.06. The largest absolute Gasteiger partial charge is 0.457 e. The van der Waals surface area contributed by atoms with Crippen LogP contribution in [-0.2, 0) is 21.4 Å². The molecule has 0 aromatic heterocycles. The second-order valence-corrected chi connectivity index (χ2v) is 8.50. The minimum Gasteiger partial charge on any atom is -0.457 e. The summed E-state index contributed by atoms with van der Waals surface area (Å²) in [6, 6.07) is 11.9. The molecule has 128 valence electrons. The predicted molar refractivity (Wildman–Crippen MR) is 95.3 cm³/mol. The molecule has 0 spiro atoms. The van der Waals surface area contributed by atoms with E-state index in [-0.39, 0.29) is 17.1 Å². The van der Waals surface area contributed by atoms with Gasteiger partial charge < -0.3 is 4.74 Å². The molecule has 0 saturated heterocycles. The van der Waals surface area contributed by atoms with Crippen molar-refractivity contribution >= 4 is 31.9 Å². The normalized spacial score (nSPS) is 11.5. The summed E-state index contributed by atoms with van der Waals surface area (Å²) in [6.07, 6.45) is 0. The summed E-state index contributed by atoms with van der Waals surface area (Å²) in [6.45, 7) is 2.08. The molecule has 7 heteroatoms. The van der Waals surface area contributed by atoms with Crippen LogP contribution < -0.4 is 0 Å². The summed E-state index contributed by atoms with van der Waals surface area (Å²) in [5, 5.41) is 0. The molecule has 0 saturated carbocycles. The number of sulfonamides is 1. The van der Waals surface area contributed by atoms with Crippen molar-refractivity contribution in [3.8, 4) is 0 Å². The molecular weight excluding hydrogens is 394 g/mol. The van der Waals surface area contributed by atoms with E-state index in [1.165, 1.54) is 32.3 Å². The monoisotopic (exact) mass is 411 g/mol. The zero-order chi connectivity index (χ0) is 17.9. The molecule has 0 aliphatic heterocycles. The molecule has 2 rings (SSSR count). The zero-order valence-corrected chi connectivity index (χ0v) is 16.0. The van der Waals surface area contributed by atoms with Gasteiger partial charge in [-0.05, 0) is 46.6 Å². The van der Waals surface area contributed by atoms with Crippen LogP contribution in [0, 0.1) is 6.92 Å². The molecule has 0 atom stereocenters. The molecular formula is C17H18BrNO4S. The van der Waals surface area contributed by atoms with Crippen molar-refractivity contribution in [3.63, 3.8) is 0 Å². The first-order chi connectivity index (χ1) is 11.2. The number of hydrogen-bond donors (Lipinski definition) is 0. The molecule has 24 heavy (non-hydrogen) atoms. The molecule has 0 aliphatic carbocycles. The van der Waals surface area contributed by atoms with Gasteiger partial charge in [0.1, 0.15) is 6.61 Å². The fraction of sp³-hybridized carbons (Fsp3) is 0.235. The molecule has 0 fully saturated rings. The Labute approximate surface area is 150 Å². The molecule has 0 amide bonds. The second kappa shape index (κ2) is 7.46. The average Bonchev–Trinajstić information content (AvgIpc) is 2.52. The number of halogens is 1. The van der Waals surface area contributed by atoms with Crippen molar-refractivity contribution in [1.29, 1.82) is 0 Å². The lowest BCUT2D eigenvalue weighted by Crippen LogP contribution is -2.22. The third-order valence-corrected chi connectivity index (χ3v) is 5.89.